The van der Waals surface area contributed by atoms with Gasteiger partial charge in [0.05, 0.1) is 63.9 Å². The monoisotopic (exact) mass is 1040 g/mol. The molecule has 0 bridgehead atoms. The maximum atomic E-state index is 6.24. The number of quaternary nitrogens is 2. The summed E-state index contributed by atoms with van der Waals surface area (Å²) in [4.78, 5) is 4.24. The van der Waals surface area contributed by atoms with E-state index in [-0.39, 0.29) is 11.8 Å². The van der Waals surface area contributed by atoms with Crippen LogP contribution in [0.25, 0.3) is 0 Å². The molecule has 4 aromatic carbocycles. The van der Waals surface area contributed by atoms with Gasteiger partial charge in [-0.25, -0.2) is 0 Å². The minimum atomic E-state index is -1.80. The Morgan fingerprint density at radius 1 is 0.368 bits per heavy atom. The normalized spacial score (nSPS) is 17.8. The van der Waals surface area contributed by atoms with E-state index in [0.717, 1.165) is 45.5 Å². The lowest BCUT2D eigenvalue weighted by molar-refractivity contribution is -0.929. The van der Waals surface area contributed by atoms with E-state index >= 15 is 0 Å². The number of nitrogens with zero attached hydrogens (tertiary/aromatic N) is 6. The standard InChI is InChI=1S/2C16H16BN2O2.2C16H36N/c2*1-12(2)16-18-21-17(13-8-4-3-5-9-13)19(16)14-10-6-7-11-15(14)20-17;2*1-5-9-13-17(14-10-6-2,15-11-7-3)16-12-8-4/h2*3-12H,1-2H3;2*5-16H2,1-4H3/q2*-1;2*+1/t2*17-;;/m10../s1. The van der Waals surface area contributed by atoms with Crippen molar-refractivity contribution < 1.29 is 27.8 Å². The van der Waals surface area contributed by atoms with Gasteiger partial charge in [0, 0.05) is 23.2 Å². The molecule has 0 amide bonds. The summed E-state index contributed by atoms with van der Waals surface area (Å²) in [7, 11) is 0. The molecule has 0 spiro atoms. The predicted molar refractivity (Wildman–Crippen MR) is 328 cm³/mol. The Morgan fingerprint density at radius 2 is 0.618 bits per heavy atom. The van der Waals surface area contributed by atoms with Gasteiger partial charge in [-0.2, -0.15) is 0 Å². The second-order valence-electron chi connectivity index (χ2n) is 22.8. The first-order valence-electron chi connectivity index (χ1n) is 30.7. The Bertz CT molecular complexity index is 2080. The number of amidine groups is 2. The number of hydrogen-bond donors (Lipinski definition) is 0. The number of rotatable bonds is 28. The van der Waals surface area contributed by atoms with E-state index in [1.54, 1.807) is 0 Å². The topological polar surface area (TPSA) is 68.1 Å². The van der Waals surface area contributed by atoms with Gasteiger partial charge in [0.25, 0.3) is 0 Å². The summed E-state index contributed by atoms with van der Waals surface area (Å²) in [6, 6.07) is 36.1. The predicted octanol–water partition coefficient (Wildman–Crippen LogP) is 15.5. The molecule has 4 aliphatic rings. The quantitative estimate of drug-likeness (QED) is 0.0417. The number of benzene rings is 4. The van der Waals surface area contributed by atoms with Gasteiger partial charge in [-0.3, -0.25) is 0 Å². The van der Waals surface area contributed by atoms with Crippen LogP contribution >= 0.6 is 0 Å². The van der Waals surface area contributed by atoms with Crippen LogP contribution < -0.4 is 29.9 Å². The molecule has 2 atom stereocenters. The average Bonchev–Trinajstić information content (AvgIpc) is 4.24. The number of oxime groups is 2. The van der Waals surface area contributed by atoms with Gasteiger partial charge in [0.15, 0.2) is 0 Å². The minimum Gasteiger partial charge on any atom is -0.659 e. The molecular formula is C64H104B2N6O4. The molecule has 0 fully saturated rings. The number of unbranched alkanes of at least 4 members (excludes halogenated alkanes) is 8. The van der Waals surface area contributed by atoms with Crippen LogP contribution in [0, 0.1) is 11.8 Å². The largest absolute Gasteiger partial charge is 0.659 e. The molecule has 76 heavy (non-hydrogen) atoms. The Balaban J connectivity index is 0.000000189. The first kappa shape index (κ1) is 61.9. The summed E-state index contributed by atoms with van der Waals surface area (Å²) >= 11 is 0. The summed E-state index contributed by atoms with van der Waals surface area (Å²) in [5.74, 6) is 4.01. The third kappa shape index (κ3) is 15.6. The van der Waals surface area contributed by atoms with Crippen molar-refractivity contribution in [1.82, 2.24) is 0 Å². The number of para-hydroxylation sites is 4. The van der Waals surface area contributed by atoms with Gasteiger partial charge >= 0.3 is 13.4 Å². The Morgan fingerprint density at radius 3 is 0.868 bits per heavy atom. The van der Waals surface area contributed by atoms with Crippen LogP contribution in [0.5, 0.6) is 11.5 Å². The SMILES string of the molecule is CC(C)C1=NO[B@-]2(c3ccccc3)Oc3ccccc3N12.CC(C)C1=NO[B@@-]2(c3ccccc3)Oc3ccccc3N12.CCCC[N+](CCCC)(CCCC)CCCC.CCCC[N+](CCCC)(CCCC)CCCC. The van der Waals surface area contributed by atoms with Crippen molar-refractivity contribution in [2.45, 2.75) is 186 Å². The molecule has 4 heterocycles. The van der Waals surface area contributed by atoms with Crippen LogP contribution in [0.1, 0.15) is 186 Å². The summed E-state index contributed by atoms with van der Waals surface area (Å²) in [5, 5.41) is 8.63. The van der Waals surface area contributed by atoms with Gasteiger partial charge in [-0.05, 0) is 75.6 Å². The zero-order valence-corrected chi connectivity index (χ0v) is 50.0. The maximum absolute atomic E-state index is 6.24. The first-order valence-corrected chi connectivity index (χ1v) is 30.7. The smallest absolute Gasteiger partial charge is 0.512 e. The van der Waals surface area contributed by atoms with Crippen LogP contribution in [0.3, 0.4) is 0 Å². The van der Waals surface area contributed by atoms with Crippen LogP contribution in [-0.4, -0.2) is 86.4 Å². The molecule has 0 radical (unpaired) electrons. The van der Waals surface area contributed by atoms with E-state index < -0.39 is 13.4 Å². The third-order valence-electron chi connectivity index (χ3n) is 15.9. The molecule has 0 aromatic heterocycles. The van der Waals surface area contributed by atoms with Crippen molar-refractivity contribution >= 4 is 47.3 Å². The van der Waals surface area contributed by atoms with E-state index in [1.165, 1.54) is 164 Å². The fourth-order valence-electron chi connectivity index (χ4n) is 11.4. The zero-order valence-electron chi connectivity index (χ0n) is 50.0. The van der Waals surface area contributed by atoms with E-state index in [9.17, 15) is 0 Å². The van der Waals surface area contributed by atoms with Gasteiger partial charge in [-0.15, -0.1) is 10.3 Å². The molecule has 0 saturated heterocycles. The Hall–Kier alpha value is -4.93. The van der Waals surface area contributed by atoms with Crippen molar-refractivity contribution in [2.75, 3.05) is 62.0 Å². The molecule has 0 N–H and O–H groups in total. The highest BCUT2D eigenvalue weighted by atomic mass is 16.7. The van der Waals surface area contributed by atoms with Gasteiger partial charge in [0.1, 0.15) is 11.7 Å². The Labute approximate surface area is 463 Å². The van der Waals surface area contributed by atoms with Gasteiger partial charge in [0.2, 0.25) is 0 Å². The second-order valence-corrected chi connectivity index (χ2v) is 22.8. The first-order chi connectivity index (χ1) is 36.9. The highest BCUT2D eigenvalue weighted by Crippen LogP contribution is 2.45. The van der Waals surface area contributed by atoms with Gasteiger partial charge < -0.3 is 37.4 Å². The average molecular weight is 1040 g/mol. The summed E-state index contributed by atoms with van der Waals surface area (Å²) < 4.78 is 27.0. The van der Waals surface area contributed by atoms with E-state index in [1.807, 2.05) is 109 Å². The zero-order chi connectivity index (χ0) is 54.9. The highest BCUT2D eigenvalue weighted by Gasteiger charge is 2.54. The van der Waals surface area contributed by atoms with E-state index in [2.05, 4.69) is 103 Å². The minimum absolute atomic E-state index is 0.257. The molecule has 4 aromatic rings. The fourth-order valence-corrected chi connectivity index (χ4v) is 11.4. The number of hydrogen-bond acceptors (Lipinski definition) is 8. The number of anilines is 2. The summed E-state index contributed by atoms with van der Waals surface area (Å²) in [5.41, 5.74) is 4.03. The van der Waals surface area contributed by atoms with Crippen molar-refractivity contribution in [3.63, 3.8) is 0 Å². The summed E-state index contributed by atoms with van der Waals surface area (Å²) in [6.07, 6.45) is 22.1. The molecular weight excluding hydrogens is 938 g/mol. The third-order valence-corrected chi connectivity index (χ3v) is 15.9. The molecule has 0 aliphatic carbocycles. The molecule has 12 heteroatoms. The molecule has 0 unspecified atom stereocenters. The van der Waals surface area contributed by atoms with Crippen molar-refractivity contribution in [1.29, 1.82) is 0 Å². The van der Waals surface area contributed by atoms with Crippen LogP contribution in [0.4, 0.5) is 11.4 Å². The molecule has 10 nitrogen and oxygen atoms in total. The van der Waals surface area contributed by atoms with Crippen molar-refractivity contribution in [2.24, 2.45) is 22.1 Å². The lowest BCUT2D eigenvalue weighted by Crippen LogP contribution is -2.65. The lowest BCUT2D eigenvalue weighted by atomic mass is 9.62. The number of fused-ring (bicyclic) bond motifs is 6. The van der Waals surface area contributed by atoms with Crippen molar-refractivity contribution in [3.05, 3.63) is 109 Å². The van der Waals surface area contributed by atoms with Crippen LogP contribution in [-0.2, 0) is 9.51 Å². The molecule has 0 saturated carbocycles. The summed E-state index contributed by atoms with van der Waals surface area (Å²) in [6.45, 7) is 34.9. The molecule has 8 rings (SSSR count). The molecule has 420 valence electrons. The maximum Gasteiger partial charge on any atom is 0.512 e. The second kappa shape index (κ2) is 31.5. The fraction of sp³-hybridized carbons (Fsp3) is 0.594. The Kier molecular flexibility index (Phi) is 25.6. The van der Waals surface area contributed by atoms with Crippen LogP contribution in [0.2, 0.25) is 0 Å². The van der Waals surface area contributed by atoms with Crippen LogP contribution in [0.15, 0.2) is 120 Å². The van der Waals surface area contributed by atoms with Gasteiger partial charge in [-0.1, -0.05) is 230 Å². The van der Waals surface area contributed by atoms with Crippen molar-refractivity contribution in [3.8, 4) is 11.5 Å². The van der Waals surface area contributed by atoms with E-state index in [4.69, 9.17) is 18.8 Å². The molecule has 4 aliphatic heterocycles. The lowest BCUT2D eigenvalue weighted by Gasteiger charge is -2.39. The van der Waals surface area contributed by atoms with E-state index in [0.29, 0.717) is 0 Å². The highest BCUT2D eigenvalue weighted by molar-refractivity contribution is 6.90.